The number of thioether (sulfide) groups is 2. The predicted octanol–water partition coefficient (Wildman–Crippen LogP) is -4.38. The molecule has 0 unspecified atom stereocenters. The summed E-state index contributed by atoms with van der Waals surface area (Å²) in [6.07, 6.45) is -28.3. The van der Waals surface area contributed by atoms with E-state index in [4.69, 9.17) is 28.4 Å². The minimum absolute atomic E-state index is 0.229. The second-order valence-electron chi connectivity index (χ2n) is 16.8. The summed E-state index contributed by atoms with van der Waals surface area (Å²) in [6.45, 7) is -2.83. The van der Waals surface area contributed by atoms with Gasteiger partial charge in [-0.3, -0.25) is 9.59 Å². The van der Waals surface area contributed by atoms with Gasteiger partial charge < -0.3 is 111 Å². The van der Waals surface area contributed by atoms with Crippen LogP contribution >= 0.6 is 23.5 Å². The lowest BCUT2D eigenvalue weighted by atomic mass is 9.97. The van der Waals surface area contributed by atoms with Crippen LogP contribution in [0.25, 0.3) is 0 Å². The van der Waals surface area contributed by atoms with Gasteiger partial charge >= 0.3 is 0 Å². The van der Waals surface area contributed by atoms with Crippen molar-refractivity contribution in [1.82, 2.24) is 0 Å². The van der Waals surface area contributed by atoms with Crippen LogP contribution in [-0.4, -0.2) is 231 Å². The molecule has 3 aromatic rings. The molecule has 0 radical (unpaired) electrons. The lowest BCUT2D eigenvalue weighted by Crippen LogP contribution is -2.64. The number of aliphatic hydroxyl groups excluding tert-OH is 14. The number of carbonyl (C=O) groups is 2. The summed E-state index contributed by atoms with van der Waals surface area (Å²) in [5.41, 5.74) is -1.01. The first-order valence-electron chi connectivity index (χ1n) is 21.9. The minimum atomic E-state index is -1.80. The number of nitrogens with one attached hydrogen (secondary N) is 2. The van der Waals surface area contributed by atoms with Crippen LogP contribution in [-0.2, 0) is 28.4 Å². The molecule has 386 valence electrons. The quantitative estimate of drug-likeness (QED) is 0.0644. The average Bonchev–Trinajstić information content (AvgIpc) is 3.37. The fourth-order valence-corrected chi connectivity index (χ4v) is 10.1. The highest BCUT2D eigenvalue weighted by atomic mass is 32.2. The molecule has 24 nitrogen and oxygen atoms in total. The number of hydrogen-bond donors (Lipinski definition) is 16. The van der Waals surface area contributed by atoms with Crippen LogP contribution in [0.2, 0.25) is 0 Å². The molecule has 4 fully saturated rings. The van der Waals surface area contributed by atoms with Crippen molar-refractivity contribution < 1.29 is 110 Å². The summed E-state index contributed by atoms with van der Waals surface area (Å²) in [6, 6.07) is 18.6. The van der Waals surface area contributed by atoms with Gasteiger partial charge in [0.2, 0.25) is 0 Å². The summed E-state index contributed by atoms with van der Waals surface area (Å²) in [7, 11) is 0. The number of amides is 2. The number of anilines is 2. The summed E-state index contributed by atoms with van der Waals surface area (Å²) >= 11 is 1.99. The van der Waals surface area contributed by atoms with Gasteiger partial charge in [-0.15, -0.1) is 0 Å². The van der Waals surface area contributed by atoms with Crippen LogP contribution in [0.3, 0.4) is 0 Å². The molecule has 2 amide bonds. The lowest BCUT2D eigenvalue weighted by molar-refractivity contribution is -0.338. The molecular weight excluding hydrogens is 973 g/mol. The van der Waals surface area contributed by atoms with E-state index < -0.39 is 159 Å². The second kappa shape index (κ2) is 24.0. The third kappa shape index (κ3) is 12.1. The van der Waals surface area contributed by atoms with E-state index in [0.29, 0.717) is 21.2 Å². The summed E-state index contributed by atoms with van der Waals surface area (Å²) in [5.74, 6) is -0.986. The van der Waals surface area contributed by atoms with Crippen LogP contribution < -0.4 is 10.6 Å². The number of carbonyl (C=O) groups excluding carboxylic acids is 2. The maximum atomic E-state index is 13.1. The monoisotopic (exact) mass is 1030 g/mol. The van der Waals surface area contributed by atoms with Gasteiger partial charge in [0.05, 0.1) is 26.4 Å². The fraction of sp³-hybridized carbons (Fsp3) is 0.545. The third-order valence-corrected chi connectivity index (χ3v) is 14.4. The largest absolute Gasteiger partial charge is 0.394 e. The maximum absolute atomic E-state index is 13.1. The zero-order valence-electron chi connectivity index (χ0n) is 36.6. The van der Waals surface area contributed by atoms with Crippen LogP contribution in [0.15, 0.2) is 82.6 Å². The molecule has 7 rings (SSSR count). The Balaban J connectivity index is 0.871. The van der Waals surface area contributed by atoms with Crippen molar-refractivity contribution >= 4 is 46.7 Å². The second-order valence-corrected chi connectivity index (χ2v) is 19.1. The van der Waals surface area contributed by atoms with Gasteiger partial charge in [-0.05, 0) is 72.8 Å². The van der Waals surface area contributed by atoms with Crippen LogP contribution in [0.5, 0.6) is 0 Å². The number of hydrogen-bond acceptors (Lipinski definition) is 24. The first kappa shape index (κ1) is 54.3. The molecule has 0 spiro atoms. The highest BCUT2D eigenvalue weighted by molar-refractivity contribution is 8.00. The lowest BCUT2D eigenvalue weighted by Gasteiger charge is -2.46. The molecule has 4 aliphatic heterocycles. The van der Waals surface area contributed by atoms with E-state index in [2.05, 4.69) is 10.6 Å². The highest BCUT2D eigenvalue weighted by Gasteiger charge is 2.52. The molecule has 20 atom stereocenters. The smallest absolute Gasteiger partial charge is 0.255 e. The van der Waals surface area contributed by atoms with Gasteiger partial charge in [-0.2, -0.15) is 0 Å². The van der Waals surface area contributed by atoms with Crippen LogP contribution in [0.4, 0.5) is 11.4 Å². The minimum Gasteiger partial charge on any atom is -0.394 e. The van der Waals surface area contributed by atoms with Gasteiger partial charge in [0.25, 0.3) is 11.8 Å². The zero-order valence-corrected chi connectivity index (χ0v) is 38.3. The molecule has 4 aliphatic rings. The van der Waals surface area contributed by atoms with Crippen molar-refractivity contribution in [3.63, 3.8) is 0 Å². The van der Waals surface area contributed by atoms with Gasteiger partial charge in [0.15, 0.2) is 12.6 Å². The first-order valence-corrected chi connectivity index (χ1v) is 23.7. The summed E-state index contributed by atoms with van der Waals surface area (Å²) < 4.78 is 33.5. The van der Waals surface area contributed by atoms with E-state index in [9.17, 15) is 81.1 Å². The van der Waals surface area contributed by atoms with E-state index in [0.717, 1.165) is 23.5 Å². The van der Waals surface area contributed by atoms with E-state index in [1.807, 2.05) is 0 Å². The summed E-state index contributed by atoms with van der Waals surface area (Å²) in [5, 5.41) is 149. The highest BCUT2D eigenvalue weighted by Crippen LogP contribution is 2.38. The van der Waals surface area contributed by atoms with Gasteiger partial charge in [-0.25, -0.2) is 0 Å². The van der Waals surface area contributed by atoms with Gasteiger partial charge in [0.1, 0.15) is 109 Å². The topological polar surface area (TPSA) is 397 Å². The molecule has 70 heavy (non-hydrogen) atoms. The summed E-state index contributed by atoms with van der Waals surface area (Å²) in [4.78, 5) is 27.3. The Kier molecular flexibility index (Phi) is 18.6. The molecule has 0 bridgehead atoms. The Hall–Kier alpha value is -3.50. The van der Waals surface area contributed by atoms with Crippen molar-refractivity contribution in [2.45, 2.75) is 131 Å². The van der Waals surface area contributed by atoms with Crippen molar-refractivity contribution in [2.75, 3.05) is 37.1 Å². The predicted molar refractivity (Wildman–Crippen MR) is 240 cm³/mol. The molecule has 0 saturated carbocycles. The molecule has 3 aromatic carbocycles. The zero-order chi connectivity index (χ0) is 50.6. The number of benzene rings is 3. The van der Waals surface area contributed by atoms with E-state index in [-0.39, 0.29) is 11.1 Å². The van der Waals surface area contributed by atoms with Gasteiger partial charge in [0, 0.05) is 32.3 Å². The van der Waals surface area contributed by atoms with Crippen LogP contribution in [0.1, 0.15) is 20.7 Å². The van der Waals surface area contributed by atoms with E-state index in [1.54, 1.807) is 48.5 Å². The van der Waals surface area contributed by atoms with E-state index in [1.165, 1.54) is 24.3 Å². The molecular formula is C44H56N2O22S2. The van der Waals surface area contributed by atoms with Crippen LogP contribution in [0, 0.1) is 0 Å². The van der Waals surface area contributed by atoms with Crippen molar-refractivity contribution in [1.29, 1.82) is 0 Å². The standard InChI is InChI=1S/C44H56N2O22S2/c47-13-23-27(51)29(53)33(57)41(63-23)67-37-25(15-49)65-43(35(59)31(37)55)69-21-9-5-19(6-10-21)45-39(61)17-1-2-18(4-3-17)40(62)46-20-7-11-22(12-8-20)70-44-36(60)32(56)38(26(16-50)66-44)68-42-34(58)30(54)28(52)24(14-48)64-42/h1-12,23-38,41-44,47-60H,13-16H2,(H,45,61)(H,46,62)/t23-,24-,25-,26-,27-,28-,29+,30+,31-,32-,33-,34-,35-,36-,37-,38-,41+,42+,43+,44+/m1/s1. The van der Waals surface area contributed by atoms with Crippen molar-refractivity contribution in [3.05, 3.63) is 83.9 Å². The maximum Gasteiger partial charge on any atom is 0.255 e. The molecule has 0 aromatic heterocycles. The van der Waals surface area contributed by atoms with Gasteiger partial charge in [-0.1, -0.05) is 23.5 Å². The first-order chi connectivity index (χ1) is 33.5. The van der Waals surface area contributed by atoms with E-state index >= 15 is 0 Å². The fourth-order valence-electron chi connectivity index (χ4n) is 7.99. The van der Waals surface area contributed by atoms with Crippen molar-refractivity contribution in [3.8, 4) is 0 Å². The normalized spacial score (nSPS) is 37.9. The van der Waals surface area contributed by atoms with Crippen molar-refractivity contribution in [2.24, 2.45) is 0 Å². The number of aliphatic hydroxyl groups is 14. The Morgan fingerprint density at radius 1 is 0.414 bits per heavy atom. The average molecular weight is 1030 g/mol. The Labute approximate surface area is 406 Å². The molecule has 4 saturated heterocycles. The molecule has 26 heteroatoms. The third-order valence-electron chi connectivity index (χ3n) is 12.1. The number of rotatable bonds is 16. The Morgan fingerprint density at radius 3 is 1.06 bits per heavy atom. The Bertz CT molecular complexity index is 2010. The molecule has 4 heterocycles. The Morgan fingerprint density at radius 2 is 0.743 bits per heavy atom. The molecule has 16 N–H and O–H groups in total. The molecule has 0 aliphatic carbocycles. The SMILES string of the molecule is O=C(Nc1ccc(S[C@@H]2O[C@H](CO)[C@@H](O[C@@H]3O[C@H](CO)[C@@H](O)[C@H](O)[C@H]3O)[C@H](O)[C@H]2O)cc1)c1ccc(C(=O)Nc2ccc(S[C@@H]3O[C@H](CO)[C@@H](O[C@@H]4O[C@H](CO)[C@@H](O)[C@H](O)[C@H]4O)[C@H](O)[C@H]3O)cc2)cc1. The number of ether oxygens (including phenoxy) is 6.